The van der Waals surface area contributed by atoms with Crippen molar-refractivity contribution < 1.29 is 14.6 Å². The summed E-state index contributed by atoms with van der Waals surface area (Å²) in [6.07, 6.45) is 1.26. The molecule has 0 aliphatic rings. The fourth-order valence-electron chi connectivity index (χ4n) is 1.66. The number of carbonyl (C=O) groups excluding carboxylic acids is 1. The zero-order chi connectivity index (χ0) is 13.8. The normalized spacial score (nSPS) is 11.3. The zero-order valence-electron chi connectivity index (χ0n) is 11.6. The summed E-state index contributed by atoms with van der Waals surface area (Å²) in [6.45, 7) is 7.91. The summed E-state index contributed by atoms with van der Waals surface area (Å²) in [4.78, 5) is 10.8. The number of hydrogen-bond acceptors (Lipinski definition) is 2. The van der Waals surface area contributed by atoms with E-state index in [1.807, 2.05) is 32.0 Å². The summed E-state index contributed by atoms with van der Waals surface area (Å²) in [5, 5.41) is 10.8. The van der Waals surface area contributed by atoms with Crippen LogP contribution in [-0.4, -0.2) is 12.6 Å². The van der Waals surface area contributed by atoms with E-state index < -0.39 is 11.4 Å². The minimum absolute atomic E-state index is 0.529. The van der Waals surface area contributed by atoms with Crippen LogP contribution in [0, 0.1) is 19.3 Å². The van der Waals surface area contributed by atoms with E-state index >= 15 is 0 Å². The first kappa shape index (κ1) is 14.6. The van der Waals surface area contributed by atoms with Crippen LogP contribution >= 0.6 is 0 Å². The number of hydrogen-bond donors (Lipinski definition) is 0. The molecule has 0 atom stereocenters. The molecule has 0 saturated heterocycles. The Labute approximate surface area is 109 Å². The monoisotopic (exact) mass is 249 g/mol. The maximum atomic E-state index is 10.8. The van der Waals surface area contributed by atoms with Gasteiger partial charge in [-0.15, -0.1) is 0 Å². The van der Waals surface area contributed by atoms with Gasteiger partial charge < -0.3 is 4.74 Å². The Balaban J connectivity index is 2.43. The van der Waals surface area contributed by atoms with Crippen LogP contribution in [0.3, 0.4) is 0 Å². The Hall–Kier alpha value is -1.51. The summed E-state index contributed by atoms with van der Waals surface area (Å²) in [6, 6.07) is 6.07. The summed E-state index contributed by atoms with van der Waals surface area (Å²) in [5.74, 6) is -0.129. The second-order valence-corrected chi connectivity index (χ2v) is 5.39. The molecule has 0 aromatic heterocycles. The molecule has 1 rings (SSSR count). The lowest BCUT2D eigenvalue weighted by Gasteiger charge is -2.17. The largest absolute Gasteiger partial charge is 0.493 e. The van der Waals surface area contributed by atoms with Gasteiger partial charge in [-0.05, 0) is 57.7 Å². The van der Waals surface area contributed by atoms with E-state index in [1.54, 1.807) is 13.8 Å². The van der Waals surface area contributed by atoms with Gasteiger partial charge in [0.25, 0.3) is 0 Å². The molecule has 18 heavy (non-hydrogen) atoms. The van der Waals surface area contributed by atoms with Gasteiger partial charge in [-0.1, -0.05) is 12.1 Å². The lowest BCUT2D eigenvalue weighted by Crippen LogP contribution is -2.23. The van der Waals surface area contributed by atoms with Crippen LogP contribution < -0.4 is 4.74 Å². The molecule has 3 heteroatoms. The van der Waals surface area contributed by atoms with Crippen LogP contribution in [0.4, 0.5) is 0 Å². The minimum atomic E-state index is -1.01. The highest BCUT2D eigenvalue weighted by Gasteiger charge is 2.28. The molecule has 0 amide bonds. The average molecular weight is 249 g/mol. The summed E-state index contributed by atoms with van der Waals surface area (Å²) in [5.41, 5.74) is 1.47. The van der Waals surface area contributed by atoms with Crippen molar-refractivity contribution in [2.45, 2.75) is 40.5 Å². The molecular weight excluding hydrogens is 228 g/mol. The van der Waals surface area contributed by atoms with Gasteiger partial charge in [-0.3, -0.25) is 0 Å². The molecule has 3 nitrogen and oxygen atoms in total. The van der Waals surface area contributed by atoms with Crippen molar-refractivity contribution in [3.63, 3.8) is 0 Å². The quantitative estimate of drug-likeness (QED) is 0.725. The summed E-state index contributed by atoms with van der Waals surface area (Å²) < 4.78 is 5.68. The van der Waals surface area contributed by atoms with Gasteiger partial charge in [0.15, 0.2) is 0 Å². The highest BCUT2D eigenvalue weighted by atomic mass is 16.5. The molecule has 0 fully saturated rings. The van der Waals surface area contributed by atoms with Crippen molar-refractivity contribution in [2.75, 3.05) is 6.61 Å². The van der Waals surface area contributed by atoms with Gasteiger partial charge >= 0.3 is 5.97 Å². The summed E-state index contributed by atoms with van der Waals surface area (Å²) in [7, 11) is 0. The maximum Gasteiger partial charge on any atom is 0.361 e. The molecule has 0 aliphatic heterocycles. The van der Waals surface area contributed by atoms with Crippen molar-refractivity contribution in [2.24, 2.45) is 5.41 Å². The van der Waals surface area contributed by atoms with Crippen molar-refractivity contribution >= 4 is 5.97 Å². The SMILES string of the molecule is Cc1ccc(C)c(OCCCC(C)(C)C([O])=O)c1. The van der Waals surface area contributed by atoms with Crippen molar-refractivity contribution in [3.8, 4) is 5.75 Å². The van der Waals surface area contributed by atoms with E-state index in [-0.39, 0.29) is 0 Å². The van der Waals surface area contributed by atoms with Crippen LogP contribution in [0.25, 0.3) is 0 Å². The fourth-order valence-corrected chi connectivity index (χ4v) is 1.66. The molecule has 0 heterocycles. The van der Waals surface area contributed by atoms with E-state index in [0.29, 0.717) is 19.4 Å². The van der Waals surface area contributed by atoms with E-state index in [4.69, 9.17) is 4.74 Å². The second-order valence-electron chi connectivity index (χ2n) is 5.39. The molecule has 0 bridgehead atoms. The lowest BCUT2D eigenvalue weighted by molar-refractivity contribution is -0.154. The number of ether oxygens (including phenoxy) is 1. The highest BCUT2D eigenvalue weighted by Crippen LogP contribution is 2.24. The number of carbonyl (C=O) groups is 1. The Morgan fingerprint density at radius 3 is 2.56 bits per heavy atom. The highest BCUT2D eigenvalue weighted by molar-refractivity contribution is 5.73. The zero-order valence-corrected chi connectivity index (χ0v) is 11.6. The van der Waals surface area contributed by atoms with Crippen molar-refractivity contribution in [1.29, 1.82) is 0 Å². The molecule has 0 N–H and O–H groups in total. The average Bonchev–Trinajstić information content (AvgIpc) is 2.28. The maximum absolute atomic E-state index is 10.8. The molecule has 1 aromatic rings. The van der Waals surface area contributed by atoms with Crippen LogP contribution in [0.5, 0.6) is 5.75 Å². The first-order valence-corrected chi connectivity index (χ1v) is 6.24. The Kier molecular flexibility index (Phi) is 4.76. The van der Waals surface area contributed by atoms with E-state index in [0.717, 1.165) is 16.9 Å². The number of aryl methyl sites for hydroxylation is 2. The smallest absolute Gasteiger partial charge is 0.361 e. The molecule has 0 spiro atoms. The molecule has 1 aromatic carbocycles. The van der Waals surface area contributed by atoms with Crippen LogP contribution in [0.1, 0.15) is 37.8 Å². The van der Waals surface area contributed by atoms with Crippen LogP contribution in [-0.2, 0) is 9.90 Å². The first-order chi connectivity index (χ1) is 8.33. The van der Waals surface area contributed by atoms with Crippen molar-refractivity contribution in [1.82, 2.24) is 0 Å². The standard InChI is InChI=1S/C15H21O3/c1-11-6-7-12(2)13(10-11)18-9-5-8-15(3,4)14(16)17/h6-7,10H,5,8-9H2,1-4H3. The summed E-state index contributed by atoms with van der Waals surface area (Å²) >= 11 is 0. The van der Waals surface area contributed by atoms with Gasteiger partial charge in [0.2, 0.25) is 0 Å². The third-order valence-electron chi connectivity index (χ3n) is 3.10. The van der Waals surface area contributed by atoms with Crippen LogP contribution in [0.15, 0.2) is 18.2 Å². The van der Waals surface area contributed by atoms with E-state index in [2.05, 4.69) is 0 Å². The lowest BCUT2D eigenvalue weighted by atomic mass is 9.88. The van der Waals surface area contributed by atoms with Gasteiger partial charge in [0.1, 0.15) is 5.75 Å². The fraction of sp³-hybridized carbons (Fsp3) is 0.533. The third kappa shape index (κ3) is 4.06. The number of rotatable bonds is 6. The molecule has 0 unspecified atom stereocenters. The minimum Gasteiger partial charge on any atom is -0.493 e. The van der Waals surface area contributed by atoms with Gasteiger partial charge in [0.05, 0.1) is 12.0 Å². The molecule has 1 radical (unpaired) electrons. The Morgan fingerprint density at radius 2 is 1.94 bits per heavy atom. The third-order valence-corrected chi connectivity index (χ3v) is 3.10. The van der Waals surface area contributed by atoms with Gasteiger partial charge in [0, 0.05) is 0 Å². The predicted octanol–water partition coefficient (Wildman–Crippen LogP) is 3.45. The molecule has 0 saturated carbocycles. The van der Waals surface area contributed by atoms with E-state index in [9.17, 15) is 9.90 Å². The Bertz CT molecular complexity index is 422. The van der Waals surface area contributed by atoms with Gasteiger partial charge in [-0.2, -0.15) is 0 Å². The number of benzene rings is 1. The van der Waals surface area contributed by atoms with Crippen LogP contribution in [0.2, 0.25) is 0 Å². The molecule has 99 valence electrons. The topological polar surface area (TPSA) is 46.2 Å². The Morgan fingerprint density at radius 1 is 1.28 bits per heavy atom. The van der Waals surface area contributed by atoms with Gasteiger partial charge in [-0.25, -0.2) is 9.90 Å². The molecular formula is C15H21O3. The predicted molar refractivity (Wildman–Crippen MR) is 70.1 cm³/mol. The first-order valence-electron chi connectivity index (χ1n) is 6.24. The van der Waals surface area contributed by atoms with E-state index in [1.165, 1.54) is 0 Å². The second kappa shape index (κ2) is 5.89. The van der Waals surface area contributed by atoms with Crippen molar-refractivity contribution in [3.05, 3.63) is 29.3 Å². The molecule has 0 aliphatic carbocycles.